The van der Waals surface area contributed by atoms with Crippen molar-refractivity contribution in [2.45, 2.75) is 20.8 Å². The van der Waals surface area contributed by atoms with Gasteiger partial charge in [0.1, 0.15) is 0 Å². The Balaban J connectivity index is 0.000000558. The fourth-order valence-corrected chi connectivity index (χ4v) is 3.18. The van der Waals surface area contributed by atoms with Gasteiger partial charge in [0.25, 0.3) is 0 Å². The van der Waals surface area contributed by atoms with Gasteiger partial charge in [-0.15, -0.1) is 35.9 Å². The number of aliphatic hydroxyl groups excluding tert-OH is 1. The van der Waals surface area contributed by atoms with Crippen LogP contribution in [-0.4, -0.2) is 48.6 Å². The maximum atomic E-state index is 10.0. The normalized spacial score (nSPS) is 10.5. The first-order valence-corrected chi connectivity index (χ1v) is 9.99. The van der Waals surface area contributed by atoms with Crippen molar-refractivity contribution in [2.75, 3.05) is 38.0 Å². The number of aryl methyl sites for hydroxylation is 1. The summed E-state index contributed by atoms with van der Waals surface area (Å²) in [5, 5.41) is 8.36. The number of carbonyl (C=O) groups excluding carboxylic acids is 1. The third-order valence-electron chi connectivity index (χ3n) is 4.42. The number of carbonyl (C=O) groups is 1. The summed E-state index contributed by atoms with van der Waals surface area (Å²) in [4.78, 5) is 18.9. The van der Waals surface area contributed by atoms with Crippen LogP contribution in [0.15, 0.2) is 60.6 Å². The topological polar surface area (TPSA) is 61.6 Å². The zero-order valence-electron chi connectivity index (χ0n) is 19.7. The molecule has 1 aromatic heterocycles. The van der Waals surface area contributed by atoms with Crippen molar-refractivity contribution in [3.63, 3.8) is 0 Å². The standard InChI is InChI=1S/C20H23N4.C5H8O2.Ir/c1-15-13-17(22(2)3)19(18(14-15)23(4)5)24-12-11-21-20(24)16-9-7-6-8-10-16;1-4(6)3-5(2)7;/h6-9,11-14H,1-5H3;3,6H,1-2H3;/q-1;;/b;4-3-;. The van der Waals surface area contributed by atoms with E-state index in [-0.39, 0.29) is 31.6 Å². The fraction of sp³-hybridized carbons (Fsp3) is 0.280. The van der Waals surface area contributed by atoms with Gasteiger partial charge in [0.2, 0.25) is 0 Å². The zero-order valence-corrected chi connectivity index (χ0v) is 22.1. The molecule has 1 radical (unpaired) electrons. The molecule has 173 valence electrons. The molecule has 0 aliphatic heterocycles. The maximum absolute atomic E-state index is 10.0. The van der Waals surface area contributed by atoms with E-state index in [1.165, 1.54) is 25.5 Å². The van der Waals surface area contributed by atoms with E-state index < -0.39 is 0 Å². The Kier molecular flexibility index (Phi) is 10.4. The molecule has 0 saturated heterocycles. The van der Waals surface area contributed by atoms with E-state index in [1.807, 2.05) is 36.7 Å². The van der Waals surface area contributed by atoms with Gasteiger partial charge in [0, 0.05) is 66.8 Å². The van der Waals surface area contributed by atoms with Crippen LogP contribution in [0.3, 0.4) is 0 Å². The summed E-state index contributed by atoms with van der Waals surface area (Å²) in [6, 6.07) is 15.6. The number of hydrogen-bond acceptors (Lipinski definition) is 5. The maximum Gasteiger partial charge on any atom is 0.155 e. The van der Waals surface area contributed by atoms with E-state index in [1.54, 1.807) is 0 Å². The molecule has 32 heavy (non-hydrogen) atoms. The minimum absolute atomic E-state index is 0. The number of anilines is 2. The first kappa shape index (κ1) is 27.1. The molecule has 1 N–H and O–H groups in total. The molecule has 0 aliphatic rings. The Hall–Kier alpha value is -2.89. The molecule has 3 aromatic rings. The number of rotatable bonds is 5. The number of imidazole rings is 1. The van der Waals surface area contributed by atoms with Crippen LogP contribution in [0.25, 0.3) is 17.1 Å². The van der Waals surface area contributed by atoms with Crippen LogP contribution in [0, 0.1) is 13.0 Å². The number of aliphatic hydroxyl groups is 1. The van der Waals surface area contributed by atoms with E-state index in [0.717, 1.165) is 28.5 Å². The first-order chi connectivity index (χ1) is 14.6. The third kappa shape index (κ3) is 7.07. The number of benzene rings is 2. The SMILES string of the molecule is CC(=O)/C=C(/C)O.Cc1cc(N(C)C)c(-n2ccnc2-c2[c-]cccc2)c(N(C)C)c1.[Ir]. The largest absolute Gasteiger partial charge is 0.512 e. The second-order valence-electron chi connectivity index (χ2n) is 7.73. The van der Waals surface area contributed by atoms with Crippen molar-refractivity contribution in [3.8, 4) is 17.1 Å². The summed E-state index contributed by atoms with van der Waals surface area (Å²) in [5.41, 5.74) is 5.67. The Bertz CT molecular complexity index is 1020. The molecule has 0 saturated carbocycles. The summed E-state index contributed by atoms with van der Waals surface area (Å²) < 4.78 is 2.15. The van der Waals surface area contributed by atoms with Gasteiger partial charge in [-0.25, -0.2) is 0 Å². The Morgan fingerprint density at radius 1 is 1.09 bits per heavy atom. The van der Waals surface area contributed by atoms with E-state index in [2.05, 4.69) is 72.7 Å². The van der Waals surface area contributed by atoms with Crippen molar-refractivity contribution in [1.82, 2.24) is 9.55 Å². The summed E-state index contributed by atoms with van der Waals surface area (Å²) in [6.07, 6.45) is 5.02. The minimum Gasteiger partial charge on any atom is -0.512 e. The molecule has 6 nitrogen and oxygen atoms in total. The minimum atomic E-state index is -0.125. The van der Waals surface area contributed by atoms with Gasteiger partial charge in [-0.2, -0.15) is 0 Å². The van der Waals surface area contributed by atoms with E-state index in [4.69, 9.17) is 5.11 Å². The number of allylic oxidation sites excluding steroid dienone is 2. The smallest absolute Gasteiger partial charge is 0.155 e. The number of hydrogen-bond donors (Lipinski definition) is 1. The van der Waals surface area contributed by atoms with Crippen LogP contribution in [0.4, 0.5) is 11.4 Å². The van der Waals surface area contributed by atoms with Gasteiger partial charge in [0.15, 0.2) is 5.78 Å². The van der Waals surface area contributed by atoms with Crippen LogP contribution in [0.1, 0.15) is 19.4 Å². The van der Waals surface area contributed by atoms with Gasteiger partial charge in [0.05, 0.1) is 28.6 Å². The molecule has 1 heterocycles. The predicted octanol–water partition coefficient (Wildman–Crippen LogP) is 4.81. The van der Waals surface area contributed by atoms with E-state index in [0.29, 0.717) is 0 Å². The summed E-state index contributed by atoms with van der Waals surface area (Å²) in [6.45, 7) is 4.98. The predicted molar refractivity (Wildman–Crippen MR) is 128 cm³/mol. The van der Waals surface area contributed by atoms with Crippen molar-refractivity contribution in [1.29, 1.82) is 0 Å². The molecule has 0 atom stereocenters. The number of nitrogens with zero attached hydrogens (tertiary/aromatic N) is 4. The number of aromatic nitrogens is 2. The van der Waals surface area contributed by atoms with Crippen molar-refractivity contribution in [3.05, 3.63) is 72.3 Å². The molecule has 0 bridgehead atoms. The molecular formula is C25H31IrN4O2-. The molecule has 0 aliphatic carbocycles. The van der Waals surface area contributed by atoms with Gasteiger partial charge in [-0.05, 0) is 38.5 Å². The molecular weight excluding hydrogens is 581 g/mol. The molecule has 3 rings (SSSR count). The van der Waals surface area contributed by atoms with Crippen molar-refractivity contribution in [2.24, 2.45) is 0 Å². The Morgan fingerprint density at radius 2 is 1.69 bits per heavy atom. The quantitative estimate of drug-likeness (QED) is 0.255. The second-order valence-corrected chi connectivity index (χ2v) is 7.73. The third-order valence-corrected chi connectivity index (χ3v) is 4.42. The second kappa shape index (κ2) is 12.2. The van der Waals surface area contributed by atoms with Crippen LogP contribution >= 0.6 is 0 Å². The monoisotopic (exact) mass is 612 g/mol. The molecule has 0 spiro atoms. The number of ketones is 1. The molecule has 7 heteroatoms. The first-order valence-electron chi connectivity index (χ1n) is 9.99. The van der Waals surface area contributed by atoms with Crippen molar-refractivity contribution < 1.29 is 30.0 Å². The summed E-state index contributed by atoms with van der Waals surface area (Å²) in [5.74, 6) is 0.832. The Labute approximate surface area is 204 Å². The van der Waals surface area contributed by atoms with Gasteiger partial charge >= 0.3 is 0 Å². The Morgan fingerprint density at radius 3 is 2.09 bits per heavy atom. The molecule has 0 unspecified atom stereocenters. The average molecular weight is 612 g/mol. The van der Waals surface area contributed by atoms with Crippen LogP contribution in [0.5, 0.6) is 0 Å². The molecule has 0 amide bonds. The van der Waals surface area contributed by atoms with Crippen molar-refractivity contribution >= 4 is 17.2 Å². The molecule has 0 fully saturated rings. The summed E-state index contributed by atoms with van der Waals surface area (Å²) >= 11 is 0. The van der Waals surface area contributed by atoms with Gasteiger partial charge in [-0.1, -0.05) is 0 Å². The van der Waals surface area contributed by atoms with Gasteiger partial charge in [-0.3, -0.25) is 9.78 Å². The van der Waals surface area contributed by atoms with E-state index in [9.17, 15) is 4.79 Å². The zero-order chi connectivity index (χ0) is 23.1. The van der Waals surface area contributed by atoms with Crippen LogP contribution < -0.4 is 9.80 Å². The van der Waals surface area contributed by atoms with Crippen LogP contribution in [-0.2, 0) is 24.9 Å². The summed E-state index contributed by atoms with van der Waals surface area (Å²) in [7, 11) is 8.29. The van der Waals surface area contributed by atoms with E-state index >= 15 is 0 Å². The average Bonchev–Trinajstić information content (AvgIpc) is 3.16. The van der Waals surface area contributed by atoms with Gasteiger partial charge < -0.3 is 19.5 Å². The molecule has 2 aromatic carbocycles. The fourth-order valence-electron chi connectivity index (χ4n) is 3.18. The van der Waals surface area contributed by atoms with Crippen LogP contribution in [0.2, 0.25) is 0 Å².